The maximum absolute atomic E-state index is 12.7. The summed E-state index contributed by atoms with van der Waals surface area (Å²) in [7, 11) is 0. The lowest BCUT2D eigenvalue weighted by molar-refractivity contribution is -0.131. The molecule has 1 atom stereocenters. The van der Waals surface area contributed by atoms with E-state index in [9.17, 15) is 9.59 Å². The Morgan fingerprint density at radius 1 is 0.900 bits per heavy atom. The second-order valence-electron chi connectivity index (χ2n) is 8.43. The molecular weight excluding hydrogens is 376 g/mol. The average molecular weight is 407 g/mol. The quantitative estimate of drug-likeness (QED) is 0.727. The number of carbonyl (C=O) groups is 2. The molecular formula is C25H30N2O3. The number of ether oxygens (including phenoxy) is 1. The zero-order chi connectivity index (χ0) is 20.8. The van der Waals surface area contributed by atoms with Crippen LogP contribution in [0.2, 0.25) is 0 Å². The molecule has 2 saturated heterocycles. The molecule has 30 heavy (non-hydrogen) atoms. The summed E-state index contributed by atoms with van der Waals surface area (Å²) in [4.78, 5) is 29.0. The van der Waals surface area contributed by atoms with Crippen molar-refractivity contribution < 1.29 is 14.3 Å². The molecule has 2 aliphatic heterocycles. The topological polar surface area (TPSA) is 49.9 Å². The number of hydrogen-bond acceptors (Lipinski definition) is 3. The van der Waals surface area contributed by atoms with Crippen LogP contribution in [-0.2, 0) is 22.4 Å². The minimum Gasteiger partial charge on any atom is -0.441 e. The maximum Gasteiger partial charge on any atom is 0.410 e. The zero-order valence-electron chi connectivity index (χ0n) is 17.5. The minimum absolute atomic E-state index is 0.196. The van der Waals surface area contributed by atoms with Crippen LogP contribution in [0, 0.1) is 0 Å². The Hall–Kier alpha value is -2.82. The number of hydrogen-bond donors (Lipinski definition) is 0. The Balaban J connectivity index is 1.29. The molecule has 0 aliphatic carbocycles. The van der Waals surface area contributed by atoms with Crippen LogP contribution in [0.3, 0.4) is 0 Å². The van der Waals surface area contributed by atoms with Gasteiger partial charge in [-0.3, -0.25) is 4.79 Å². The molecule has 0 aromatic heterocycles. The first-order valence-electron chi connectivity index (χ1n) is 11.0. The van der Waals surface area contributed by atoms with Crippen LogP contribution in [-0.4, -0.2) is 53.6 Å². The fraction of sp³-hybridized carbons (Fsp3) is 0.440. The third kappa shape index (κ3) is 5.02. The van der Waals surface area contributed by atoms with Gasteiger partial charge in [0.2, 0.25) is 5.91 Å². The molecule has 2 fully saturated rings. The maximum atomic E-state index is 12.7. The second-order valence-corrected chi connectivity index (χ2v) is 8.43. The number of carbonyl (C=O) groups excluding carboxylic acids is 2. The molecule has 0 saturated carbocycles. The first-order valence-corrected chi connectivity index (χ1v) is 11.0. The van der Waals surface area contributed by atoms with Gasteiger partial charge in [0.05, 0.1) is 6.54 Å². The molecule has 1 spiro atoms. The highest BCUT2D eigenvalue weighted by atomic mass is 16.6. The van der Waals surface area contributed by atoms with E-state index in [4.69, 9.17) is 4.74 Å². The van der Waals surface area contributed by atoms with Crippen molar-refractivity contribution in [3.8, 4) is 0 Å². The van der Waals surface area contributed by atoms with Gasteiger partial charge in [-0.05, 0) is 36.8 Å². The largest absolute Gasteiger partial charge is 0.441 e. The molecule has 2 amide bonds. The molecule has 2 heterocycles. The molecule has 0 bridgehead atoms. The Kier molecular flexibility index (Phi) is 6.36. The van der Waals surface area contributed by atoms with Gasteiger partial charge >= 0.3 is 6.09 Å². The van der Waals surface area contributed by atoms with Gasteiger partial charge in [0.15, 0.2) is 0 Å². The van der Waals surface area contributed by atoms with E-state index in [1.165, 1.54) is 11.1 Å². The van der Waals surface area contributed by atoms with Crippen LogP contribution in [0.5, 0.6) is 0 Å². The standard InChI is InChI=1S/C25H30N2O3/c28-23(13-12-21-8-3-1-4-9-21)26-17-7-15-25(16-19-26)20-27(24(29)30-25)18-14-22-10-5-2-6-11-22/h1-6,8-11H,7,12-20H2/t25-/m0/s1. The average Bonchev–Trinajstić information content (AvgIpc) is 2.94. The molecule has 0 N–H and O–H groups in total. The lowest BCUT2D eigenvalue weighted by atomic mass is 9.95. The third-order valence-electron chi connectivity index (χ3n) is 6.28. The van der Waals surface area contributed by atoms with Gasteiger partial charge in [-0.25, -0.2) is 4.79 Å². The van der Waals surface area contributed by atoms with Gasteiger partial charge in [0.1, 0.15) is 5.60 Å². The smallest absolute Gasteiger partial charge is 0.410 e. The number of likely N-dealkylation sites (tertiary alicyclic amines) is 1. The molecule has 5 heteroatoms. The van der Waals surface area contributed by atoms with Gasteiger partial charge in [-0.15, -0.1) is 0 Å². The molecule has 0 radical (unpaired) electrons. The van der Waals surface area contributed by atoms with Crippen molar-refractivity contribution in [2.75, 3.05) is 26.2 Å². The summed E-state index contributed by atoms with van der Waals surface area (Å²) in [5.74, 6) is 0.196. The molecule has 2 aromatic rings. The van der Waals surface area contributed by atoms with Crippen molar-refractivity contribution in [2.24, 2.45) is 0 Å². The fourth-order valence-electron chi connectivity index (χ4n) is 4.50. The van der Waals surface area contributed by atoms with Crippen LogP contribution in [0.15, 0.2) is 60.7 Å². The van der Waals surface area contributed by atoms with Crippen molar-refractivity contribution in [2.45, 2.75) is 44.1 Å². The molecule has 2 aliphatic rings. The van der Waals surface area contributed by atoms with Crippen LogP contribution >= 0.6 is 0 Å². The van der Waals surface area contributed by atoms with Crippen molar-refractivity contribution in [3.05, 3.63) is 71.8 Å². The van der Waals surface area contributed by atoms with Crippen LogP contribution in [0.25, 0.3) is 0 Å². The van der Waals surface area contributed by atoms with Gasteiger partial charge in [-0.1, -0.05) is 60.7 Å². The molecule has 2 aromatic carbocycles. The van der Waals surface area contributed by atoms with E-state index >= 15 is 0 Å². The number of rotatable bonds is 6. The third-order valence-corrected chi connectivity index (χ3v) is 6.28. The summed E-state index contributed by atoms with van der Waals surface area (Å²) in [6, 6.07) is 20.3. The Labute approximate surface area is 178 Å². The van der Waals surface area contributed by atoms with E-state index in [0.29, 0.717) is 26.1 Å². The van der Waals surface area contributed by atoms with Gasteiger partial charge < -0.3 is 14.5 Å². The molecule has 5 nitrogen and oxygen atoms in total. The predicted molar refractivity (Wildman–Crippen MR) is 116 cm³/mol. The van der Waals surface area contributed by atoms with E-state index < -0.39 is 5.60 Å². The Morgan fingerprint density at radius 3 is 2.27 bits per heavy atom. The number of benzene rings is 2. The number of amides is 2. The fourth-order valence-corrected chi connectivity index (χ4v) is 4.50. The summed E-state index contributed by atoms with van der Waals surface area (Å²) < 4.78 is 5.88. The van der Waals surface area contributed by atoms with Gasteiger partial charge in [0, 0.05) is 32.5 Å². The Morgan fingerprint density at radius 2 is 1.57 bits per heavy atom. The number of nitrogens with zero attached hydrogens (tertiary/aromatic N) is 2. The SMILES string of the molecule is O=C(CCc1ccccc1)N1CCC[C@]2(CC1)CN(CCc1ccccc1)C(=O)O2. The van der Waals surface area contributed by atoms with E-state index in [1.807, 2.05) is 46.2 Å². The molecule has 158 valence electrons. The molecule has 4 rings (SSSR count). The minimum atomic E-state index is -0.442. The first kappa shape index (κ1) is 20.5. The van der Waals surface area contributed by atoms with Crippen molar-refractivity contribution in [3.63, 3.8) is 0 Å². The molecule has 0 unspecified atom stereocenters. The summed E-state index contributed by atoms with van der Waals surface area (Å²) in [5.41, 5.74) is 1.97. The Bertz CT molecular complexity index is 855. The van der Waals surface area contributed by atoms with Gasteiger partial charge in [-0.2, -0.15) is 0 Å². The van der Waals surface area contributed by atoms with Crippen molar-refractivity contribution >= 4 is 12.0 Å². The number of aryl methyl sites for hydroxylation is 1. The van der Waals surface area contributed by atoms with E-state index in [1.54, 1.807) is 0 Å². The lowest BCUT2D eigenvalue weighted by Gasteiger charge is -2.25. The summed E-state index contributed by atoms with van der Waals surface area (Å²) in [5, 5.41) is 0. The van der Waals surface area contributed by atoms with E-state index in [2.05, 4.69) is 24.3 Å². The monoisotopic (exact) mass is 406 g/mol. The van der Waals surface area contributed by atoms with E-state index in [0.717, 1.165) is 38.6 Å². The van der Waals surface area contributed by atoms with Gasteiger partial charge in [0.25, 0.3) is 0 Å². The van der Waals surface area contributed by atoms with Crippen LogP contribution in [0.4, 0.5) is 4.79 Å². The van der Waals surface area contributed by atoms with Crippen molar-refractivity contribution in [1.29, 1.82) is 0 Å². The first-order chi connectivity index (χ1) is 14.6. The van der Waals surface area contributed by atoms with Crippen LogP contribution < -0.4 is 0 Å². The highest BCUT2D eigenvalue weighted by Gasteiger charge is 2.45. The van der Waals surface area contributed by atoms with E-state index in [-0.39, 0.29) is 12.0 Å². The highest BCUT2D eigenvalue weighted by Crippen LogP contribution is 2.33. The normalized spacial score (nSPS) is 21.5. The predicted octanol–water partition coefficient (Wildman–Crippen LogP) is 4.07. The summed E-state index contributed by atoms with van der Waals surface area (Å²) in [6.45, 7) is 2.71. The summed E-state index contributed by atoms with van der Waals surface area (Å²) in [6.07, 6.45) is 4.33. The zero-order valence-corrected chi connectivity index (χ0v) is 17.5. The lowest BCUT2D eigenvalue weighted by Crippen LogP contribution is -2.37. The van der Waals surface area contributed by atoms with Crippen LogP contribution in [0.1, 0.15) is 36.8 Å². The van der Waals surface area contributed by atoms with Crippen molar-refractivity contribution in [1.82, 2.24) is 9.80 Å². The second kappa shape index (κ2) is 9.33. The summed E-state index contributed by atoms with van der Waals surface area (Å²) >= 11 is 0. The highest BCUT2D eigenvalue weighted by molar-refractivity contribution is 5.76.